The lowest BCUT2D eigenvalue weighted by Crippen LogP contribution is -2.39. The van der Waals surface area contributed by atoms with Gasteiger partial charge in [0.2, 0.25) is 11.8 Å². The van der Waals surface area contributed by atoms with Gasteiger partial charge in [-0.3, -0.25) is 4.90 Å². The van der Waals surface area contributed by atoms with Crippen molar-refractivity contribution < 1.29 is 4.42 Å². The van der Waals surface area contributed by atoms with Crippen LogP contribution in [0.15, 0.2) is 4.42 Å². The molecular weight excluding hydrogens is 216 g/mol. The van der Waals surface area contributed by atoms with Gasteiger partial charge in [0.15, 0.2) is 0 Å². The zero-order chi connectivity index (χ0) is 12.3. The number of nitrogens with zero attached hydrogens (tertiary/aromatic N) is 3. The molecular formula is C12H22N4O. The van der Waals surface area contributed by atoms with Crippen LogP contribution in [0, 0.1) is 5.92 Å². The Balaban J connectivity index is 1.81. The zero-order valence-corrected chi connectivity index (χ0v) is 10.7. The first-order valence-corrected chi connectivity index (χ1v) is 6.48. The second kappa shape index (κ2) is 5.60. The van der Waals surface area contributed by atoms with E-state index in [1.54, 1.807) is 0 Å². The fraction of sp³-hybridized carbons (Fsp3) is 0.833. The quantitative estimate of drug-likeness (QED) is 0.853. The number of hydrogen-bond acceptors (Lipinski definition) is 5. The minimum atomic E-state index is 0.312. The molecule has 2 rings (SSSR count). The van der Waals surface area contributed by atoms with Crippen molar-refractivity contribution in [1.82, 2.24) is 15.1 Å². The maximum atomic E-state index is 5.93. The molecule has 1 aromatic heterocycles. The van der Waals surface area contributed by atoms with Crippen molar-refractivity contribution in [2.45, 2.75) is 45.7 Å². The van der Waals surface area contributed by atoms with E-state index in [0.29, 0.717) is 12.0 Å². The molecule has 1 unspecified atom stereocenters. The Labute approximate surface area is 102 Å². The average molecular weight is 238 g/mol. The topological polar surface area (TPSA) is 68.2 Å². The van der Waals surface area contributed by atoms with E-state index < -0.39 is 0 Å². The van der Waals surface area contributed by atoms with Crippen molar-refractivity contribution >= 4 is 0 Å². The number of aryl methyl sites for hydroxylation is 1. The van der Waals surface area contributed by atoms with Gasteiger partial charge in [0.1, 0.15) is 0 Å². The fourth-order valence-corrected chi connectivity index (χ4v) is 2.32. The number of likely N-dealkylation sites (tertiary alicyclic amines) is 1. The van der Waals surface area contributed by atoms with Gasteiger partial charge in [0.05, 0.1) is 6.54 Å². The molecule has 5 heteroatoms. The highest BCUT2D eigenvalue weighted by Crippen LogP contribution is 2.20. The van der Waals surface area contributed by atoms with Gasteiger partial charge in [-0.25, -0.2) is 0 Å². The number of piperidine rings is 1. The molecule has 2 heterocycles. The highest BCUT2D eigenvalue weighted by atomic mass is 16.4. The van der Waals surface area contributed by atoms with Crippen molar-refractivity contribution in [3.63, 3.8) is 0 Å². The van der Waals surface area contributed by atoms with Crippen LogP contribution in [0.3, 0.4) is 0 Å². The predicted octanol–water partition coefficient (Wildman–Crippen LogP) is 1.19. The van der Waals surface area contributed by atoms with Crippen LogP contribution in [0.2, 0.25) is 0 Å². The molecule has 0 saturated carbocycles. The normalized spacial score (nSPS) is 20.6. The lowest BCUT2D eigenvalue weighted by Gasteiger charge is -2.32. The Morgan fingerprint density at radius 3 is 2.53 bits per heavy atom. The summed E-state index contributed by atoms with van der Waals surface area (Å²) in [5.74, 6) is 2.13. The summed E-state index contributed by atoms with van der Waals surface area (Å²) in [4.78, 5) is 2.37. The summed E-state index contributed by atoms with van der Waals surface area (Å²) in [6, 6.07) is 0.312. The van der Waals surface area contributed by atoms with Crippen LogP contribution >= 0.6 is 0 Å². The molecule has 1 aliphatic rings. The summed E-state index contributed by atoms with van der Waals surface area (Å²) in [5, 5.41) is 8.03. The molecule has 2 N–H and O–H groups in total. The van der Waals surface area contributed by atoms with Crippen molar-refractivity contribution in [2.75, 3.05) is 13.1 Å². The maximum absolute atomic E-state index is 5.93. The number of nitrogens with two attached hydrogens (primary N) is 1. The van der Waals surface area contributed by atoms with E-state index in [0.717, 1.165) is 37.8 Å². The van der Waals surface area contributed by atoms with Crippen molar-refractivity contribution in [3.05, 3.63) is 11.8 Å². The van der Waals surface area contributed by atoms with E-state index in [-0.39, 0.29) is 0 Å². The first-order chi connectivity index (χ1) is 8.19. The Bertz CT molecular complexity index is 342. The molecule has 17 heavy (non-hydrogen) atoms. The van der Waals surface area contributed by atoms with Crippen LogP contribution in [0.1, 0.15) is 38.5 Å². The monoisotopic (exact) mass is 238 g/mol. The summed E-state index contributed by atoms with van der Waals surface area (Å²) >= 11 is 0. The molecule has 1 aliphatic heterocycles. The van der Waals surface area contributed by atoms with Gasteiger partial charge in [-0.05, 0) is 38.8 Å². The lowest BCUT2D eigenvalue weighted by molar-refractivity contribution is 0.153. The van der Waals surface area contributed by atoms with Crippen molar-refractivity contribution in [2.24, 2.45) is 11.7 Å². The van der Waals surface area contributed by atoms with E-state index >= 15 is 0 Å². The molecule has 1 fully saturated rings. The van der Waals surface area contributed by atoms with E-state index in [1.807, 2.05) is 6.92 Å². The Hall–Kier alpha value is -0.940. The zero-order valence-electron chi connectivity index (χ0n) is 10.7. The summed E-state index contributed by atoms with van der Waals surface area (Å²) in [6.45, 7) is 7.06. The van der Waals surface area contributed by atoms with Crippen LogP contribution in [0.5, 0.6) is 0 Å². The molecule has 1 atom stereocenters. The number of hydrogen-bond donors (Lipinski definition) is 1. The van der Waals surface area contributed by atoms with Gasteiger partial charge < -0.3 is 10.2 Å². The first-order valence-electron chi connectivity index (χ1n) is 6.48. The number of rotatable bonds is 4. The van der Waals surface area contributed by atoms with Crippen LogP contribution in [-0.4, -0.2) is 34.2 Å². The van der Waals surface area contributed by atoms with Gasteiger partial charge in [0, 0.05) is 12.5 Å². The molecule has 5 nitrogen and oxygen atoms in total. The SMILES string of the molecule is CCc1nnc(CN2CCC(C(C)N)CC2)o1. The molecule has 0 bridgehead atoms. The third kappa shape index (κ3) is 3.26. The largest absolute Gasteiger partial charge is 0.424 e. The third-order valence-corrected chi connectivity index (χ3v) is 3.55. The molecule has 0 aliphatic carbocycles. The van der Waals surface area contributed by atoms with E-state index in [2.05, 4.69) is 22.0 Å². The summed E-state index contributed by atoms with van der Waals surface area (Å²) < 4.78 is 5.52. The van der Waals surface area contributed by atoms with E-state index in [9.17, 15) is 0 Å². The highest BCUT2D eigenvalue weighted by molar-refractivity contribution is 4.84. The van der Waals surface area contributed by atoms with E-state index in [1.165, 1.54) is 12.8 Å². The standard InChI is InChI=1S/C12H22N4O/c1-3-11-14-15-12(17-11)8-16-6-4-10(5-7-16)9(2)13/h9-10H,3-8,13H2,1-2H3. The molecule has 0 spiro atoms. The minimum absolute atomic E-state index is 0.312. The summed E-state index contributed by atoms with van der Waals surface area (Å²) in [6.07, 6.45) is 3.15. The third-order valence-electron chi connectivity index (χ3n) is 3.55. The Kier molecular flexibility index (Phi) is 4.12. The predicted molar refractivity (Wildman–Crippen MR) is 65.3 cm³/mol. The molecule has 0 radical (unpaired) electrons. The van der Waals surface area contributed by atoms with Gasteiger partial charge >= 0.3 is 0 Å². The molecule has 96 valence electrons. The smallest absolute Gasteiger partial charge is 0.230 e. The fourth-order valence-electron chi connectivity index (χ4n) is 2.32. The Morgan fingerprint density at radius 2 is 2.00 bits per heavy atom. The minimum Gasteiger partial charge on any atom is -0.424 e. The first kappa shape index (κ1) is 12.5. The Morgan fingerprint density at radius 1 is 1.35 bits per heavy atom. The molecule has 1 saturated heterocycles. The highest BCUT2D eigenvalue weighted by Gasteiger charge is 2.22. The number of aromatic nitrogens is 2. The van der Waals surface area contributed by atoms with Crippen LogP contribution in [-0.2, 0) is 13.0 Å². The summed E-state index contributed by atoms with van der Waals surface area (Å²) in [5.41, 5.74) is 5.93. The second-order valence-corrected chi connectivity index (χ2v) is 4.92. The molecule has 0 aromatic carbocycles. The second-order valence-electron chi connectivity index (χ2n) is 4.92. The van der Waals surface area contributed by atoms with Gasteiger partial charge in [-0.1, -0.05) is 6.92 Å². The van der Waals surface area contributed by atoms with Gasteiger partial charge in [0.25, 0.3) is 0 Å². The van der Waals surface area contributed by atoms with E-state index in [4.69, 9.17) is 10.2 Å². The molecule has 1 aromatic rings. The van der Waals surface area contributed by atoms with Gasteiger partial charge in [-0.2, -0.15) is 0 Å². The van der Waals surface area contributed by atoms with Gasteiger partial charge in [-0.15, -0.1) is 10.2 Å². The summed E-state index contributed by atoms with van der Waals surface area (Å²) in [7, 11) is 0. The average Bonchev–Trinajstić information content (AvgIpc) is 2.77. The maximum Gasteiger partial charge on any atom is 0.230 e. The van der Waals surface area contributed by atoms with Crippen LogP contribution < -0.4 is 5.73 Å². The van der Waals surface area contributed by atoms with Crippen LogP contribution in [0.25, 0.3) is 0 Å². The van der Waals surface area contributed by atoms with Crippen molar-refractivity contribution in [3.8, 4) is 0 Å². The van der Waals surface area contributed by atoms with Crippen molar-refractivity contribution in [1.29, 1.82) is 0 Å². The molecule has 0 amide bonds. The lowest BCUT2D eigenvalue weighted by atomic mass is 9.91. The van der Waals surface area contributed by atoms with Crippen LogP contribution in [0.4, 0.5) is 0 Å².